The van der Waals surface area contributed by atoms with Gasteiger partial charge in [0.25, 0.3) is 0 Å². The normalized spacial score (nSPS) is 19.7. The van der Waals surface area contributed by atoms with E-state index in [0.717, 1.165) is 32.4 Å². The Morgan fingerprint density at radius 1 is 1.37 bits per heavy atom. The zero-order valence-electron chi connectivity index (χ0n) is 11.1. The van der Waals surface area contributed by atoms with Crippen LogP contribution in [-0.4, -0.2) is 41.7 Å². The highest BCUT2D eigenvalue weighted by molar-refractivity contribution is 5.73. The summed E-state index contributed by atoms with van der Waals surface area (Å²) in [5, 5.41) is 9.06. The van der Waals surface area contributed by atoms with E-state index in [0.29, 0.717) is 13.2 Å². The Kier molecular flexibility index (Phi) is 5.36. The number of carboxylic acid groups (broad SMARTS) is 1. The second-order valence-electron chi connectivity index (χ2n) is 4.92. The molecule has 0 amide bonds. The van der Waals surface area contributed by atoms with Gasteiger partial charge in [-0.2, -0.15) is 0 Å². The van der Waals surface area contributed by atoms with Crippen LogP contribution >= 0.6 is 0 Å². The van der Waals surface area contributed by atoms with E-state index in [2.05, 4.69) is 0 Å². The standard InChI is InChI=1S/C15H21NO3/c17-15(18)14-8-4-9-16(14)10-5-11-19-12-13-6-2-1-3-7-13/h1-3,6-7,14H,4-5,8-12H2,(H,17,18)/t14-/m1/s1. The van der Waals surface area contributed by atoms with Crippen LogP contribution in [0.4, 0.5) is 0 Å². The van der Waals surface area contributed by atoms with Crippen LogP contribution < -0.4 is 0 Å². The number of carboxylic acids is 1. The minimum absolute atomic E-state index is 0.283. The molecule has 1 atom stereocenters. The summed E-state index contributed by atoms with van der Waals surface area (Å²) < 4.78 is 5.60. The van der Waals surface area contributed by atoms with Crippen LogP contribution in [0.25, 0.3) is 0 Å². The number of carbonyl (C=O) groups is 1. The number of aliphatic carboxylic acids is 1. The summed E-state index contributed by atoms with van der Waals surface area (Å²) in [4.78, 5) is 13.1. The molecule has 104 valence electrons. The summed E-state index contributed by atoms with van der Waals surface area (Å²) in [6.45, 7) is 3.02. The Balaban J connectivity index is 1.60. The predicted molar refractivity (Wildman–Crippen MR) is 72.9 cm³/mol. The fourth-order valence-electron chi connectivity index (χ4n) is 2.51. The first kappa shape index (κ1) is 14.0. The van der Waals surface area contributed by atoms with Crippen LogP contribution in [0.5, 0.6) is 0 Å². The van der Waals surface area contributed by atoms with E-state index >= 15 is 0 Å². The Morgan fingerprint density at radius 2 is 2.16 bits per heavy atom. The maximum Gasteiger partial charge on any atom is 0.320 e. The monoisotopic (exact) mass is 263 g/mol. The lowest BCUT2D eigenvalue weighted by atomic mass is 10.2. The largest absolute Gasteiger partial charge is 0.480 e. The maximum atomic E-state index is 11.0. The maximum absolute atomic E-state index is 11.0. The molecule has 1 fully saturated rings. The van der Waals surface area contributed by atoms with Gasteiger partial charge in [0.05, 0.1) is 6.61 Å². The topological polar surface area (TPSA) is 49.8 Å². The summed E-state index contributed by atoms with van der Waals surface area (Å²) >= 11 is 0. The van der Waals surface area contributed by atoms with E-state index in [1.54, 1.807) is 0 Å². The molecular weight excluding hydrogens is 242 g/mol. The van der Waals surface area contributed by atoms with Crippen molar-refractivity contribution in [3.63, 3.8) is 0 Å². The van der Waals surface area contributed by atoms with Crippen LogP contribution in [0, 0.1) is 0 Å². The van der Waals surface area contributed by atoms with Crippen LogP contribution in [-0.2, 0) is 16.1 Å². The molecule has 1 N–H and O–H groups in total. The van der Waals surface area contributed by atoms with Crippen LogP contribution in [0.3, 0.4) is 0 Å². The van der Waals surface area contributed by atoms with Gasteiger partial charge >= 0.3 is 5.97 Å². The van der Waals surface area contributed by atoms with Crippen molar-refractivity contribution in [3.8, 4) is 0 Å². The van der Waals surface area contributed by atoms with E-state index in [1.807, 2.05) is 35.2 Å². The van der Waals surface area contributed by atoms with Crippen LogP contribution in [0.1, 0.15) is 24.8 Å². The lowest BCUT2D eigenvalue weighted by Crippen LogP contribution is -2.36. The Labute approximate surface area is 114 Å². The summed E-state index contributed by atoms with van der Waals surface area (Å²) in [6, 6.07) is 9.79. The number of hydrogen-bond donors (Lipinski definition) is 1. The van der Waals surface area contributed by atoms with Crippen LogP contribution in [0.15, 0.2) is 30.3 Å². The zero-order chi connectivity index (χ0) is 13.5. The van der Waals surface area contributed by atoms with Crippen molar-refractivity contribution >= 4 is 5.97 Å². The molecule has 1 aliphatic heterocycles. The number of hydrogen-bond acceptors (Lipinski definition) is 3. The summed E-state index contributed by atoms with van der Waals surface area (Å²) in [7, 11) is 0. The smallest absolute Gasteiger partial charge is 0.320 e. The van der Waals surface area contributed by atoms with Gasteiger partial charge in [0.15, 0.2) is 0 Å². The molecule has 1 aromatic rings. The third-order valence-corrected chi connectivity index (χ3v) is 3.49. The summed E-state index contributed by atoms with van der Waals surface area (Å²) in [5.41, 5.74) is 1.17. The number of nitrogens with zero attached hydrogens (tertiary/aromatic N) is 1. The molecule has 1 heterocycles. The Morgan fingerprint density at radius 3 is 2.89 bits per heavy atom. The van der Waals surface area contributed by atoms with Crippen molar-refractivity contribution in [2.75, 3.05) is 19.7 Å². The fraction of sp³-hybridized carbons (Fsp3) is 0.533. The third kappa shape index (κ3) is 4.33. The molecule has 19 heavy (non-hydrogen) atoms. The minimum Gasteiger partial charge on any atom is -0.480 e. The molecule has 2 rings (SSSR count). The van der Waals surface area contributed by atoms with Crippen LogP contribution in [0.2, 0.25) is 0 Å². The first-order chi connectivity index (χ1) is 9.27. The minimum atomic E-state index is -0.692. The first-order valence-electron chi connectivity index (χ1n) is 6.86. The molecule has 1 saturated heterocycles. The van der Waals surface area contributed by atoms with Crippen molar-refractivity contribution in [1.82, 2.24) is 4.90 Å². The number of ether oxygens (including phenoxy) is 1. The van der Waals surface area contributed by atoms with E-state index in [1.165, 1.54) is 5.56 Å². The second-order valence-corrected chi connectivity index (χ2v) is 4.92. The molecule has 0 radical (unpaired) electrons. The highest BCUT2D eigenvalue weighted by atomic mass is 16.5. The molecule has 0 unspecified atom stereocenters. The fourth-order valence-corrected chi connectivity index (χ4v) is 2.51. The number of rotatable bonds is 7. The van der Waals surface area contributed by atoms with Gasteiger partial charge in [-0.3, -0.25) is 9.69 Å². The molecule has 0 spiro atoms. The average Bonchev–Trinajstić information content (AvgIpc) is 2.88. The second kappa shape index (κ2) is 7.26. The van der Waals surface area contributed by atoms with Gasteiger partial charge in [-0.15, -0.1) is 0 Å². The van der Waals surface area contributed by atoms with Crippen molar-refractivity contribution in [2.24, 2.45) is 0 Å². The van der Waals surface area contributed by atoms with Gasteiger partial charge < -0.3 is 9.84 Å². The predicted octanol–water partition coefficient (Wildman–Crippen LogP) is 2.14. The van der Waals surface area contributed by atoms with E-state index in [-0.39, 0.29) is 6.04 Å². The van der Waals surface area contributed by atoms with Crippen molar-refractivity contribution in [1.29, 1.82) is 0 Å². The van der Waals surface area contributed by atoms with Gasteiger partial charge in [0, 0.05) is 13.2 Å². The first-order valence-corrected chi connectivity index (χ1v) is 6.86. The highest BCUT2D eigenvalue weighted by Crippen LogP contribution is 2.17. The quantitative estimate of drug-likeness (QED) is 0.766. The molecule has 0 aromatic heterocycles. The average molecular weight is 263 g/mol. The molecule has 0 bridgehead atoms. The molecule has 0 aliphatic carbocycles. The molecule has 0 saturated carbocycles. The zero-order valence-corrected chi connectivity index (χ0v) is 11.1. The SMILES string of the molecule is O=C(O)[C@H]1CCCN1CCCOCc1ccccc1. The summed E-state index contributed by atoms with van der Waals surface area (Å²) in [5.74, 6) is -0.692. The molecular formula is C15H21NO3. The third-order valence-electron chi connectivity index (χ3n) is 3.49. The van der Waals surface area contributed by atoms with Crippen molar-refractivity contribution < 1.29 is 14.6 Å². The Hall–Kier alpha value is -1.39. The van der Waals surface area contributed by atoms with Gasteiger partial charge in [0.2, 0.25) is 0 Å². The molecule has 1 aliphatic rings. The van der Waals surface area contributed by atoms with Gasteiger partial charge in [-0.25, -0.2) is 0 Å². The lowest BCUT2D eigenvalue weighted by Gasteiger charge is -2.20. The van der Waals surface area contributed by atoms with Crippen molar-refractivity contribution in [3.05, 3.63) is 35.9 Å². The highest BCUT2D eigenvalue weighted by Gasteiger charge is 2.29. The van der Waals surface area contributed by atoms with E-state index in [9.17, 15) is 4.79 Å². The van der Waals surface area contributed by atoms with Gasteiger partial charge in [-0.05, 0) is 31.4 Å². The Bertz CT molecular complexity index is 394. The molecule has 4 nitrogen and oxygen atoms in total. The number of benzene rings is 1. The summed E-state index contributed by atoms with van der Waals surface area (Å²) in [6.07, 6.45) is 2.65. The molecule has 4 heteroatoms. The van der Waals surface area contributed by atoms with E-state index < -0.39 is 5.97 Å². The van der Waals surface area contributed by atoms with E-state index in [4.69, 9.17) is 9.84 Å². The van der Waals surface area contributed by atoms with Crippen molar-refractivity contribution in [2.45, 2.75) is 31.9 Å². The number of likely N-dealkylation sites (tertiary alicyclic amines) is 1. The molecule has 1 aromatic carbocycles. The lowest BCUT2D eigenvalue weighted by molar-refractivity contribution is -0.142. The van der Waals surface area contributed by atoms with Gasteiger partial charge in [0.1, 0.15) is 6.04 Å². The van der Waals surface area contributed by atoms with Gasteiger partial charge in [-0.1, -0.05) is 30.3 Å².